The number of aryl methyl sites for hydroxylation is 1. The molecule has 128 valence electrons. The number of benzene rings is 1. The molecule has 2 unspecified atom stereocenters. The second kappa shape index (κ2) is 6.81. The zero-order valence-corrected chi connectivity index (χ0v) is 14.2. The van der Waals surface area contributed by atoms with Crippen LogP contribution in [0.3, 0.4) is 0 Å². The summed E-state index contributed by atoms with van der Waals surface area (Å²) in [7, 11) is 2.12. The lowest BCUT2D eigenvalue weighted by molar-refractivity contribution is 0.383. The number of anilines is 1. The van der Waals surface area contributed by atoms with Crippen molar-refractivity contribution in [2.24, 2.45) is 5.92 Å². The van der Waals surface area contributed by atoms with Crippen LogP contribution >= 0.6 is 0 Å². The second-order valence-electron chi connectivity index (χ2n) is 6.56. The normalized spacial score (nSPS) is 19.5. The Morgan fingerprint density at radius 2 is 2.08 bits per heavy atom. The summed E-state index contributed by atoms with van der Waals surface area (Å²) >= 11 is 0. The molecule has 1 fully saturated rings. The third-order valence-electron chi connectivity index (χ3n) is 4.69. The number of nitrogens with one attached hydrogen (secondary N) is 1. The van der Waals surface area contributed by atoms with Gasteiger partial charge in [0.1, 0.15) is 11.6 Å². The third kappa shape index (κ3) is 3.53. The van der Waals surface area contributed by atoms with E-state index in [0.29, 0.717) is 28.7 Å². The largest absolute Gasteiger partial charge is 0.351 e. The molecule has 24 heavy (non-hydrogen) atoms. The van der Waals surface area contributed by atoms with E-state index in [4.69, 9.17) is 0 Å². The van der Waals surface area contributed by atoms with E-state index in [0.717, 1.165) is 25.6 Å². The highest BCUT2D eigenvalue weighted by atomic mass is 19.1. The van der Waals surface area contributed by atoms with Gasteiger partial charge >= 0.3 is 0 Å². The summed E-state index contributed by atoms with van der Waals surface area (Å²) in [5, 5.41) is 3.34. The van der Waals surface area contributed by atoms with Crippen molar-refractivity contribution < 1.29 is 8.78 Å². The maximum atomic E-state index is 14.0. The quantitative estimate of drug-likeness (QED) is 0.931. The van der Waals surface area contributed by atoms with Crippen LogP contribution in [-0.4, -0.2) is 41.0 Å². The minimum atomic E-state index is -0.607. The van der Waals surface area contributed by atoms with Gasteiger partial charge in [-0.1, -0.05) is 0 Å². The average Bonchev–Trinajstić information content (AvgIpc) is 2.95. The minimum Gasteiger partial charge on any atom is -0.351 e. The molecule has 1 saturated heterocycles. The highest BCUT2D eigenvalue weighted by Crippen LogP contribution is 2.26. The molecule has 1 aromatic heterocycles. The highest BCUT2D eigenvalue weighted by molar-refractivity contribution is 5.66. The van der Waals surface area contributed by atoms with Gasteiger partial charge in [0.25, 0.3) is 0 Å². The van der Waals surface area contributed by atoms with E-state index in [1.54, 1.807) is 13.1 Å². The average molecular weight is 332 g/mol. The summed E-state index contributed by atoms with van der Waals surface area (Å²) in [5.74, 6) is -0.0952. The van der Waals surface area contributed by atoms with Crippen molar-refractivity contribution in [3.8, 4) is 11.1 Å². The molecule has 1 aliphatic rings. The summed E-state index contributed by atoms with van der Waals surface area (Å²) in [6.07, 6.45) is 2.75. The maximum Gasteiger partial charge on any atom is 0.223 e. The molecule has 0 aliphatic carbocycles. The predicted octanol–water partition coefficient (Wildman–Crippen LogP) is 3.48. The fourth-order valence-electron chi connectivity index (χ4n) is 3.21. The SMILES string of the molecule is Cc1nc(NC(C)C2CCN(C)C2)ncc1-c1ccc(F)cc1F. The number of hydrogen-bond acceptors (Lipinski definition) is 4. The summed E-state index contributed by atoms with van der Waals surface area (Å²) in [6.45, 7) is 6.11. The Morgan fingerprint density at radius 3 is 2.71 bits per heavy atom. The summed E-state index contributed by atoms with van der Waals surface area (Å²) in [6, 6.07) is 3.80. The molecule has 1 N–H and O–H groups in total. The van der Waals surface area contributed by atoms with Gasteiger partial charge in [-0.05, 0) is 51.9 Å². The first-order chi connectivity index (χ1) is 11.4. The molecular formula is C18H22F2N4. The molecular weight excluding hydrogens is 310 g/mol. The Hall–Kier alpha value is -2.08. The molecule has 1 aromatic carbocycles. The van der Waals surface area contributed by atoms with Crippen molar-refractivity contribution in [3.05, 3.63) is 41.7 Å². The Labute approximate surface area is 140 Å². The van der Waals surface area contributed by atoms with Crippen LogP contribution < -0.4 is 5.32 Å². The van der Waals surface area contributed by atoms with Crippen molar-refractivity contribution in [1.29, 1.82) is 0 Å². The first-order valence-corrected chi connectivity index (χ1v) is 8.18. The van der Waals surface area contributed by atoms with Crippen LogP contribution in [0, 0.1) is 24.5 Å². The van der Waals surface area contributed by atoms with Gasteiger partial charge in [-0.2, -0.15) is 0 Å². The van der Waals surface area contributed by atoms with Gasteiger partial charge in [0.05, 0.1) is 5.69 Å². The van der Waals surface area contributed by atoms with Crippen molar-refractivity contribution >= 4 is 5.95 Å². The monoisotopic (exact) mass is 332 g/mol. The van der Waals surface area contributed by atoms with Gasteiger partial charge in [-0.15, -0.1) is 0 Å². The molecule has 2 heterocycles. The van der Waals surface area contributed by atoms with Crippen LogP contribution in [0.5, 0.6) is 0 Å². The van der Waals surface area contributed by atoms with Crippen molar-refractivity contribution in [3.63, 3.8) is 0 Å². The maximum absolute atomic E-state index is 14.0. The molecule has 2 atom stereocenters. The smallest absolute Gasteiger partial charge is 0.223 e. The number of nitrogens with zero attached hydrogens (tertiary/aromatic N) is 3. The van der Waals surface area contributed by atoms with Crippen LogP contribution in [-0.2, 0) is 0 Å². The predicted molar refractivity (Wildman–Crippen MR) is 90.8 cm³/mol. The van der Waals surface area contributed by atoms with Crippen LogP contribution in [0.25, 0.3) is 11.1 Å². The Balaban J connectivity index is 1.77. The molecule has 0 saturated carbocycles. The van der Waals surface area contributed by atoms with Gasteiger partial charge < -0.3 is 10.2 Å². The van der Waals surface area contributed by atoms with Gasteiger partial charge in [0.15, 0.2) is 0 Å². The fourth-order valence-corrected chi connectivity index (χ4v) is 3.21. The van der Waals surface area contributed by atoms with Gasteiger partial charge in [-0.3, -0.25) is 0 Å². The Kier molecular flexibility index (Phi) is 4.76. The lowest BCUT2D eigenvalue weighted by Crippen LogP contribution is -2.29. The first kappa shape index (κ1) is 16.8. The number of hydrogen-bond donors (Lipinski definition) is 1. The lowest BCUT2D eigenvalue weighted by Gasteiger charge is -2.21. The van der Waals surface area contributed by atoms with E-state index in [2.05, 4.69) is 34.2 Å². The number of rotatable bonds is 4. The van der Waals surface area contributed by atoms with E-state index >= 15 is 0 Å². The van der Waals surface area contributed by atoms with Gasteiger partial charge in [-0.25, -0.2) is 18.7 Å². The van der Waals surface area contributed by atoms with Crippen LogP contribution in [0.15, 0.2) is 24.4 Å². The van der Waals surface area contributed by atoms with E-state index in [-0.39, 0.29) is 6.04 Å². The summed E-state index contributed by atoms with van der Waals surface area (Å²) in [5.41, 5.74) is 1.55. The Bertz CT molecular complexity index is 735. The molecule has 0 spiro atoms. The number of likely N-dealkylation sites (tertiary alicyclic amines) is 1. The van der Waals surface area contributed by atoms with E-state index in [1.165, 1.54) is 12.1 Å². The van der Waals surface area contributed by atoms with Gasteiger partial charge in [0, 0.05) is 36.0 Å². The molecule has 1 aliphatic heterocycles. The van der Waals surface area contributed by atoms with Gasteiger partial charge in [0.2, 0.25) is 5.95 Å². The number of aromatic nitrogens is 2. The van der Waals surface area contributed by atoms with E-state index < -0.39 is 11.6 Å². The van der Waals surface area contributed by atoms with Crippen LogP contribution in [0.4, 0.5) is 14.7 Å². The molecule has 0 amide bonds. The lowest BCUT2D eigenvalue weighted by atomic mass is 10.0. The van der Waals surface area contributed by atoms with Crippen LogP contribution in [0.1, 0.15) is 19.0 Å². The van der Waals surface area contributed by atoms with Crippen LogP contribution in [0.2, 0.25) is 0 Å². The second-order valence-corrected chi connectivity index (χ2v) is 6.56. The van der Waals surface area contributed by atoms with E-state index in [1.807, 2.05) is 0 Å². The van der Waals surface area contributed by atoms with Crippen molar-refractivity contribution in [1.82, 2.24) is 14.9 Å². The van der Waals surface area contributed by atoms with Crippen molar-refractivity contribution in [2.75, 3.05) is 25.5 Å². The zero-order chi connectivity index (χ0) is 17.3. The summed E-state index contributed by atoms with van der Waals surface area (Å²) < 4.78 is 27.0. The molecule has 2 aromatic rings. The molecule has 4 nitrogen and oxygen atoms in total. The topological polar surface area (TPSA) is 41.1 Å². The molecule has 0 bridgehead atoms. The fraction of sp³-hybridized carbons (Fsp3) is 0.444. The number of halogens is 2. The molecule has 0 radical (unpaired) electrons. The third-order valence-corrected chi connectivity index (χ3v) is 4.69. The Morgan fingerprint density at radius 1 is 1.29 bits per heavy atom. The zero-order valence-electron chi connectivity index (χ0n) is 14.2. The van der Waals surface area contributed by atoms with E-state index in [9.17, 15) is 8.78 Å². The summed E-state index contributed by atoms with van der Waals surface area (Å²) in [4.78, 5) is 11.1. The molecule has 3 rings (SSSR count). The minimum absolute atomic E-state index is 0.266. The van der Waals surface area contributed by atoms with Crippen molar-refractivity contribution in [2.45, 2.75) is 26.3 Å². The standard InChI is InChI=1S/C18H22F2N4/c1-11(13-6-7-24(3)10-13)22-18-21-9-16(12(2)23-18)15-5-4-14(19)8-17(15)20/h4-5,8-9,11,13H,6-7,10H2,1-3H3,(H,21,22,23). The molecule has 6 heteroatoms. The first-order valence-electron chi connectivity index (χ1n) is 8.18. The highest BCUT2D eigenvalue weighted by Gasteiger charge is 2.25.